The highest BCUT2D eigenvalue weighted by molar-refractivity contribution is 7.16. The van der Waals surface area contributed by atoms with Gasteiger partial charge in [-0.05, 0) is 23.3 Å². The molecule has 0 saturated heterocycles. The van der Waals surface area contributed by atoms with Crippen LogP contribution >= 0.6 is 22.9 Å². The van der Waals surface area contributed by atoms with Gasteiger partial charge in [0, 0.05) is 4.88 Å². The minimum absolute atomic E-state index is 0.139. The average molecular weight is 275 g/mol. The van der Waals surface area contributed by atoms with E-state index in [0.717, 1.165) is 23.1 Å². The van der Waals surface area contributed by atoms with Crippen molar-refractivity contribution in [2.75, 3.05) is 6.61 Å². The number of hydrogen-bond acceptors (Lipinski definition) is 2. The molecule has 0 saturated carbocycles. The number of rotatable bonds is 3. The molecule has 1 nitrogen and oxygen atoms in total. The summed E-state index contributed by atoms with van der Waals surface area (Å²) in [5.41, 5.74) is 0.440. The fraction of sp³-hybridized carbons (Fsp3) is 0.714. The quantitative estimate of drug-likeness (QED) is 0.706. The zero-order chi connectivity index (χ0) is 13.3. The van der Waals surface area contributed by atoms with Crippen LogP contribution < -0.4 is 4.74 Å². The van der Waals surface area contributed by atoms with Crippen LogP contribution in [0.5, 0.6) is 5.75 Å². The Kier molecular flexibility index (Phi) is 4.54. The summed E-state index contributed by atoms with van der Waals surface area (Å²) in [6.07, 6.45) is 1.03. The Bertz CT molecular complexity index is 369. The SMILES string of the molecule is CC(C)(C)CCOc1cc(C(C)(C)C)sc1Cl. The standard InChI is InChI=1S/C14H23ClOS/c1-13(2,3)7-8-16-10-9-11(14(4,5)6)17-12(10)15/h9H,7-8H2,1-6H3. The number of thiophene rings is 1. The summed E-state index contributed by atoms with van der Waals surface area (Å²) in [7, 11) is 0. The van der Waals surface area contributed by atoms with Gasteiger partial charge < -0.3 is 4.74 Å². The van der Waals surface area contributed by atoms with Gasteiger partial charge in [-0.3, -0.25) is 0 Å². The third kappa shape index (κ3) is 4.89. The minimum atomic E-state index is 0.139. The monoisotopic (exact) mass is 274 g/mol. The van der Waals surface area contributed by atoms with Gasteiger partial charge in [0.1, 0.15) is 10.1 Å². The van der Waals surface area contributed by atoms with Crippen molar-refractivity contribution < 1.29 is 4.74 Å². The van der Waals surface area contributed by atoms with Gasteiger partial charge >= 0.3 is 0 Å². The van der Waals surface area contributed by atoms with E-state index in [1.54, 1.807) is 11.3 Å². The van der Waals surface area contributed by atoms with Gasteiger partial charge in [-0.25, -0.2) is 0 Å². The average Bonchev–Trinajstić information content (AvgIpc) is 2.45. The summed E-state index contributed by atoms with van der Waals surface area (Å²) in [4.78, 5) is 1.27. The first-order valence-electron chi connectivity index (χ1n) is 6.02. The second-order valence-corrected chi connectivity index (χ2v) is 8.31. The molecule has 3 heteroatoms. The smallest absolute Gasteiger partial charge is 0.149 e. The first kappa shape index (κ1) is 14.8. The molecule has 0 amide bonds. The van der Waals surface area contributed by atoms with Crippen molar-refractivity contribution in [1.29, 1.82) is 0 Å². The highest BCUT2D eigenvalue weighted by Crippen LogP contribution is 2.40. The van der Waals surface area contributed by atoms with E-state index in [2.05, 4.69) is 47.6 Å². The number of halogens is 1. The zero-order valence-electron chi connectivity index (χ0n) is 11.7. The number of hydrogen-bond donors (Lipinski definition) is 0. The summed E-state index contributed by atoms with van der Waals surface area (Å²) >= 11 is 7.81. The van der Waals surface area contributed by atoms with Crippen LogP contribution in [0.2, 0.25) is 4.34 Å². The van der Waals surface area contributed by atoms with Gasteiger partial charge in [-0.15, -0.1) is 11.3 Å². The molecule has 0 bridgehead atoms. The molecular formula is C14H23ClOS. The summed E-state index contributed by atoms with van der Waals surface area (Å²) in [5, 5.41) is 0. The summed E-state index contributed by atoms with van der Waals surface area (Å²) in [6.45, 7) is 13.9. The highest BCUT2D eigenvalue weighted by Gasteiger charge is 2.20. The Balaban J connectivity index is 2.64. The maximum absolute atomic E-state index is 6.19. The van der Waals surface area contributed by atoms with Crippen LogP contribution in [0.1, 0.15) is 52.8 Å². The van der Waals surface area contributed by atoms with Crippen LogP contribution in [0.25, 0.3) is 0 Å². The van der Waals surface area contributed by atoms with E-state index in [0.29, 0.717) is 5.41 Å². The van der Waals surface area contributed by atoms with E-state index in [-0.39, 0.29) is 5.41 Å². The van der Waals surface area contributed by atoms with Crippen LogP contribution in [0.3, 0.4) is 0 Å². The Morgan fingerprint density at radius 1 is 1.18 bits per heavy atom. The normalized spacial score (nSPS) is 12.9. The molecule has 0 N–H and O–H groups in total. The second-order valence-electron chi connectivity index (χ2n) is 6.66. The zero-order valence-corrected chi connectivity index (χ0v) is 13.3. The molecule has 0 aliphatic heterocycles. The number of ether oxygens (including phenoxy) is 1. The van der Waals surface area contributed by atoms with Crippen LogP contribution in [-0.2, 0) is 5.41 Å². The lowest BCUT2D eigenvalue weighted by Gasteiger charge is -2.18. The lowest BCUT2D eigenvalue weighted by molar-refractivity contribution is 0.243. The molecule has 0 aromatic carbocycles. The molecule has 1 rings (SSSR count). The Hall–Kier alpha value is -0.210. The molecule has 1 aromatic rings. The first-order valence-corrected chi connectivity index (χ1v) is 7.22. The molecule has 0 atom stereocenters. The van der Waals surface area contributed by atoms with E-state index < -0.39 is 0 Å². The lowest BCUT2D eigenvalue weighted by atomic mass is 9.93. The largest absolute Gasteiger partial charge is 0.491 e. The van der Waals surface area contributed by atoms with E-state index >= 15 is 0 Å². The van der Waals surface area contributed by atoms with Crippen molar-refractivity contribution in [3.63, 3.8) is 0 Å². The molecular weight excluding hydrogens is 252 g/mol. The molecule has 17 heavy (non-hydrogen) atoms. The Morgan fingerprint density at radius 2 is 1.76 bits per heavy atom. The summed E-state index contributed by atoms with van der Waals surface area (Å²) in [6, 6.07) is 2.08. The molecule has 0 unspecified atom stereocenters. The molecule has 0 aliphatic carbocycles. The maximum atomic E-state index is 6.19. The molecule has 0 radical (unpaired) electrons. The summed E-state index contributed by atoms with van der Waals surface area (Å²) < 4.78 is 6.53. The van der Waals surface area contributed by atoms with Crippen LogP contribution in [0.4, 0.5) is 0 Å². The van der Waals surface area contributed by atoms with Crippen LogP contribution in [0, 0.1) is 5.41 Å². The van der Waals surface area contributed by atoms with Crippen molar-refractivity contribution >= 4 is 22.9 Å². The van der Waals surface area contributed by atoms with Crippen molar-refractivity contribution in [1.82, 2.24) is 0 Å². The first-order chi connectivity index (χ1) is 7.59. The predicted octanol–water partition coefficient (Wildman–Crippen LogP) is 5.51. The Labute approximate surface area is 114 Å². The summed E-state index contributed by atoms with van der Waals surface area (Å²) in [5.74, 6) is 0.839. The van der Waals surface area contributed by atoms with Crippen LogP contribution in [0.15, 0.2) is 6.07 Å². The predicted molar refractivity (Wildman–Crippen MR) is 77.6 cm³/mol. The van der Waals surface area contributed by atoms with Crippen molar-refractivity contribution in [3.8, 4) is 5.75 Å². The van der Waals surface area contributed by atoms with Gasteiger partial charge in [0.15, 0.2) is 0 Å². The van der Waals surface area contributed by atoms with E-state index in [1.165, 1.54) is 4.88 Å². The van der Waals surface area contributed by atoms with Crippen molar-refractivity contribution in [2.24, 2.45) is 5.41 Å². The maximum Gasteiger partial charge on any atom is 0.149 e. The van der Waals surface area contributed by atoms with Gasteiger partial charge in [-0.2, -0.15) is 0 Å². The lowest BCUT2D eigenvalue weighted by Crippen LogP contribution is -2.11. The molecule has 98 valence electrons. The topological polar surface area (TPSA) is 9.23 Å². The molecule has 1 aromatic heterocycles. The van der Waals surface area contributed by atoms with Crippen molar-refractivity contribution in [3.05, 3.63) is 15.3 Å². The minimum Gasteiger partial charge on any atom is -0.491 e. The fourth-order valence-corrected chi connectivity index (χ4v) is 2.53. The highest BCUT2D eigenvalue weighted by atomic mass is 35.5. The molecule has 1 heterocycles. The molecule has 0 fully saturated rings. The van der Waals surface area contributed by atoms with Gasteiger partial charge in [-0.1, -0.05) is 53.1 Å². The third-order valence-electron chi connectivity index (χ3n) is 2.50. The van der Waals surface area contributed by atoms with Crippen LogP contribution in [-0.4, -0.2) is 6.61 Å². The van der Waals surface area contributed by atoms with Gasteiger partial charge in [0.05, 0.1) is 6.61 Å². The third-order valence-corrected chi connectivity index (χ3v) is 4.25. The van der Waals surface area contributed by atoms with Gasteiger partial charge in [0.2, 0.25) is 0 Å². The van der Waals surface area contributed by atoms with E-state index in [4.69, 9.17) is 16.3 Å². The fourth-order valence-electron chi connectivity index (χ4n) is 1.29. The van der Waals surface area contributed by atoms with E-state index in [1.807, 2.05) is 0 Å². The second kappa shape index (κ2) is 5.19. The van der Waals surface area contributed by atoms with Gasteiger partial charge in [0.25, 0.3) is 0 Å². The Morgan fingerprint density at radius 3 is 2.18 bits per heavy atom. The van der Waals surface area contributed by atoms with Crippen molar-refractivity contribution in [2.45, 2.75) is 53.4 Å². The molecule has 0 aliphatic rings. The van der Waals surface area contributed by atoms with E-state index in [9.17, 15) is 0 Å². The molecule has 0 spiro atoms.